The number of carbonyl (C=O) groups excluding carboxylic acids is 2. The SMILES string of the molecule is CCOc1cc(/C=C2\C(=O)N(c3ccc(C(N)=O)cc3)N=C2C)ccc1OCCc1ccccc1. The lowest BCUT2D eigenvalue weighted by atomic mass is 10.1. The van der Waals surface area contributed by atoms with Gasteiger partial charge in [0.25, 0.3) is 5.91 Å². The number of rotatable bonds is 9. The summed E-state index contributed by atoms with van der Waals surface area (Å²) in [5, 5.41) is 5.71. The molecule has 0 fully saturated rings. The first-order chi connectivity index (χ1) is 17.0. The van der Waals surface area contributed by atoms with Gasteiger partial charge in [-0.15, -0.1) is 0 Å². The van der Waals surface area contributed by atoms with Gasteiger partial charge in [-0.25, -0.2) is 0 Å². The highest BCUT2D eigenvalue weighted by molar-refractivity contribution is 6.32. The zero-order valence-corrected chi connectivity index (χ0v) is 19.7. The molecule has 0 spiro atoms. The largest absolute Gasteiger partial charge is 0.490 e. The Hall–Kier alpha value is -4.39. The van der Waals surface area contributed by atoms with Gasteiger partial charge >= 0.3 is 0 Å². The number of benzene rings is 3. The fourth-order valence-corrected chi connectivity index (χ4v) is 3.72. The molecule has 0 aliphatic carbocycles. The lowest BCUT2D eigenvalue weighted by Gasteiger charge is -2.13. The number of nitrogens with two attached hydrogens (primary N) is 1. The summed E-state index contributed by atoms with van der Waals surface area (Å²) >= 11 is 0. The van der Waals surface area contributed by atoms with E-state index in [-0.39, 0.29) is 5.91 Å². The van der Waals surface area contributed by atoms with E-state index in [2.05, 4.69) is 17.2 Å². The quantitative estimate of drug-likeness (QED) is 0.463. The maximum Gasteiger partial charge on any atom is 0.280 e. The minimum atomic E-state index is -0.526. The first-order valence-corrected chi connectivity index (χ1v) is 11.4. The minimum Gasteiger partial charge on any atom is -0.490 e. The van der Waals surface area contributed by atoms with Crippen molar-refractivity contribution >= 4 is 29.3 Å². The molecule has 4 rings (SSSR count). The second kappa shape index (κ2) is 10.7. The van der Waals surface area contributed by atoms with Gasteiger partial charge < -0.3 is 15.2 Å². The molecular weight excluding hydrogens is 442 g/mol. The molecule has 0 aromatic heterocycles. The number of nitrogens with zero attached hydrogens (tertiary/aromatic N) is 2. The maximum absolute atomic E-state index is 13.1. The van der Waals surface area contributed by atoms with Crippen molar-refractivity contribution in [2.24, 2.45) is 10.8 Å². The molecule has 1 aliphatic rings. The molecule has 2 amide bonds. The molecule has 0 saturated carbocycles. The first-order valence-electron chi connectivity index (χ1n) is 11.4. The molecule has 2 N–H and O–H groups in total. The van der Waals surface area contributed by atoms with Crippen LogP contribution in [0.25, 0.3) is 6.08 Å². The Morgan fingerprint density at radius 2 is 1.74 bits per heavy atom. The van der Waals surface area contributed by atoms with E-state index in [1.165, 1.54) is 10.6 Å². The third kappa shape index (κ3) is 5.58. The Morgan fingerprint density at radius 1 is 1.00 bits per heavy atom. The average molecular weight is 470 g/mol. The number of ether oxygens (including phenoxy) is 2. The van der Waals surface area contributed by atoms with Crippen LogP contribution in [0.5, 0.6) is 11.5 Å². The standard InChI is InChI=1S/C28H27N3O4/c1-3-34-26-18-21(9-14-25(26)35-16-15-20-7-5-4-6-8-20)17-24-19(2)30-31(28(24)33)23-12-10-22(11-13-23)27(29)32/h4-14,17-18H,3,15-16H2,1-2H3,(H2,29,32)/b24-17-. The first kappa shape index (κ1) is 23.8. The zero-order chi connectivity index (χ0) is 24.8. The highest BCUT2D eigenvalue weighted by Crippen LogP contribution is 2.31. The van der Waals surface area contributed by atoms with E-state index >= 15 is 0 Å². The van der Waals surface area contributed by atoms with Crippen LogP contribution in [0.3, 0.4) is 0 Å². The van der Waals surface area contributed by atoms with Crippen molar-refractivity contribution in [1.29, 1.82) is 0 Å². The lowest BCUT2D eigenvalue weighted by molar-refractivity contribution is -0.114. The van der Waals surface area contributed by atoms with Crippen molar-refractivity contribution in [1.82, 2.24) is 0 Å². The van der Waals surface area contributed by atoms with Crippen LogP contribution >= 0.6 is 0 Å². The topological polar surface area (TPSA) is 94.2 Å². The van der Waals surface area contributed by atoms with E-state index in [1.807, 2.05) is 43.3 Å². The summed E-state index contributed by atoms with van der Waals surface area (Å²) in [4.78, 5) is 24.4. The van der Waals surface area contributed by atoms with Crippen molar-refractivity contribution in [3.8, 4) is 11.5 Å². The smallest absolute Gasteiger partial charge is 0.280 e. The van der Waals surface area contributed by atoms with Gasteiger partial charge in [-0.05, 0) is 67.4 Å². The highest BCUT2D eigenvalue weighted by atomic mass is 16.5. The molecule has 1 heterocycles. The zero-order valence-electron chi connectivity index (χ0n) is 19.7. The number of anilines is 1. The van der Waals surface area contributed by atoms with Gasteiger partial charge in [-0.1, -0.05) is 36.4 Å². The van der Waals surface area contributed by atoms with Crippen molar-refractivity contribution in [3.05, 3.63) is 95.1 Å². The summed E-state index contributed by atoms with van der Waals surface area (Å²) in [6.45, 7) is 4.71. The Labute approximate surface area is 204 Å². The molecule has 1 aliphatic heterocycles. The van der Waals surface area contributed by atoms with Gasteiger partial charge in [-0.3, -0.25) is 9.59 Å². The van der Waals surface area contributed by atoms with Gasteiger partial charge in [0.15, 0.2) is 11.5 Å². The molecule has 7 nitrogen and oxygen atoms in total. The monoisotopic (exact) mass is 469 g/mol. The minimum absolute atomic E-state index is 0.254. The molecule has 3 aromatic carbocycles. The Bertz CT molecular complexity index is 1280. The Balaban J connectivity index is 1.51. The van der Waals surface area contributed by atoms with E-state index in [0.717, 1.165) is 12.0 Å². The molecule has 0 atom stereocenters. The molecule has 0 bridgehead atoms. The number of hydrazone groups is 1. The average Bonchev–Trinajstić information content (AvgIpc) is 3.14. The number of carbonyl (C=O) groups is 2. The summed E-state index contributed by atoms with van der Waals surface area (Å²) in [6, 6.07) is 22.2. The fourth-order valence-electron chi connectivity index (χ4n) is 3.72. The van der Waals surface area contributed by atoms with E-state index < -0.39 is 5.91 Å². The van der Waals surface area contributed by atoms with Crippen molar-refractivity contribution < 1.29 is 19.1 Å². The molecule has 178 valence electrons. The molecule has 7 heteroatoms. The number of hydrogen-bond donors (Lipinski definition) is 1. The Morgan fingerprint density at radius 3 is 2.43 bits per heavy atom. The molecule has 0 saturated heterocycles. The molecule has 3 aromatic rings. The summed E-state index contributed by atoms with van der Waals surface area (Å²) < 4.78 is 11.8. The predicted octanol–water partition coefficient (Wildman–Crippen LogP) is 4.61. The molecule has 0 radical (unpaired) electrons. The van der Waals surface area contributed by atoms with E-state index in [4.69, 9.17) is 15.2 Å². The summed E-state index contributed by atoms with van der Waals surface area (Å²) in [5.74, 6) is 0.496. The second-order valence-electron chi connectivity index (χ2n) is 7.99. The summed E-state index contributed by atoms with van der Waals surface area (Å²) in [7, 11) is 0. The van der Waals surface area contributed by atoms with Crippen molar-refractivity contribution in [3.63, 3.8) is 0 Å². The van der Waals surface area contributed by atoms with Crippen molar-refractivity contribution in [2.45, 2.75) is 20.3 Å². The van der Waals surface area contributed by atoms with Gasteiger partial charge in [-0.2, -0.15) is 10.1 Å². The highest BCUT2D eigenvalue weighted by Gasteiger charge is 2.28. The third-order valence-electron chi connectivity index (χ3n) is 5.53. The third-order valence-corrected chi connectivity index (χ3v) is 5.53. The van der Waals surface area contributed by atoms with Crippen LogP contribution in [-0.2, 0) is 11.2 Å². The van der Waals surface area contributed by atoms with Crippen LogP contribution in [0.2, 0.25) is 0 Å². The van der Waals surface area contributed by atoms with E-state index in [0.29, 0.717) is 47.2 Å². The van der Waals surface area contributed by atoms with E-state index in [9.17, 15) is 9.59 Å². The van der Waals surface area contributed by atoms with Crippen LogP contribution in [0.4, 0.5) is 5.69 Å². The maximum atomic E-state index is 13.1. The fraction of sp³-hybridized carbons (Fsp3) is 0.179. The van der Waals surface area contributed by atoms with Crippen LogP contribution in [-0.4, -0.2) is 30.7 Å². The lowest BCUT2D eigenvalue weighted by Crippen LogP contribution is -2.21. The van der Waals surface area contributed by atoms with Crippen LogP contribution in [0, 0.1) is 0 Å². The molecular formula is C28H27N3O4. The normalized spacial score (nSPS) is 14.2. The van der Waals surface area contributed by atoms with Crippen molar-refractivity contribution in [2.75, 3.05) is 18.2 Å². The van der Waals surface area contributed by atoms with Crippen LogP contribution < -0.4 is 20.2 Å². The second-order valence-corrected chi connectivity index (χ2v) is 7.99. The molecule has 35 heavy (non-hydrogen) atoms. The summed E-state index contributed by atoms with van der Waals surface area (Å²) in [6.07, 6.45) is 2.58. The van der Waals surface area contributed by atoms with E-state index in [1.54, 1.807) is 37.3 Å². The van der Waals surface area contributed by atoms with Gasteiger partial charge in [0.05, 0.1) is 30.2 Å². The van der Waals surface area contributed by atoms with Gasteiger partial charge in [0.1, 0.15) is 0 Å². The van der Waals surface area contributed by atoms with Crippen LogP contribution in [0.1, 0.15) is 35.3 Å². The number of hydrogen-bond acceptors (Lipinski definition) is 5. The number of amides is 2. The van der Waals surface area contributed by atoms with Gasteiger partial charge in [0, 0.05) is 12.0 Å². The van der Waals surface area contributed by atoms with Gasteiger partial charge in [0.2, 0.25) is 5.91 Å². The predicted molar refractivity (Wildman–Crippen MR) is 137 cm³/mol. The number of primary amides is 1. The summed E-state index contributed by atoms with van der Waals surface area (Å²) in [5.41, 5.74) is 9.29. The Kier molecular flexibility index (Phi) is 7.26. The molecule has 0 unspecified atom stereocenters. The van der Waals surface area contributed by atoms with Crippen LogP contribution in [0.15, 0.2) is 83.5 Å².